The Kier molecular flexibility index (Phi) is 4.75. The highest BCUT2D eigenvalue weighted by Crippen LogP contribution is 2.33. The number of nitrogens with one attached hydrogen (secondary N) is 1. The van der Waals surface area contributed by atoms with Gasteiger partial charge in [0.1, 0.15) is 5.70 Å². The summed E-state index contributed by atoms with van der Waals surface area (Å²) in [6.07, 6.45) is 0. The van der Waals surface area contributed by atoms with Crippen molar-refractivity contribution in [2.24, 2.45) is 0 Å². The molecule has 2 amide bonds. The maximum Gasteiger partial charge on any atom is 0.278 e. The monoisotopic (exact) mass is 396 g/mol. The van der Waals surface area contributed by atoms with Crippen LogP contribution in [0.2, 0.25) is 0 Å². The molecule has 4 rings (SSSR count). The fourth-order valence-corrected chi connectivity index (χ4v) is 3.74. The summed E-state index contributed by atoms with van der Waals surface area (Å²) in [6, 6.07) is 15.9. The Morgan fingerprint density at radius 1 is 0.893 bits per heavy atom. The number of halogens is 2. The van der Waals surface area contributed by atoms with Gasteiger partial charge in [-0.25, -0.2) is 8.78 Å². The normalized spacial score (nSPS) is 14.1. The minimum Gasteiger partial charge on any atom is -0.350 e. The molecule has 0 bridgehead atoms. The lowest BCUT2D eigenvalue weighted by molar-refractivity contribution is -0.137. The van der Waals surface area contributed by atoms with E-state index in [0.29, 0.717) is 4.88 Å². The van der Waals surface area contributed by atoms with Crippen LogP contribution in [0.4, 0.5) is 14.5 Å². The summed E-state index contributed by atoms with van der Waals surface area (Å²) in [7, 11) is 0. The van der Waals surface area contributed by atoms with E-state index in [9.17, 15) is 18.4 Å². The van der Waals surface area contributed by atoms with Gasteiger partial charge in [0, 0.05) is 16.6 Å². The number of hydrogen-bond donors (Lipinski definition) is 1. The number of rotatable bonds is 5. The molecule has 1 aliphatic rings. The van der Waals surface area contributed by atoms with Gasteiger partial charge in [0.25, 0.3) is 11.8 Å². The lowest BCUT2D eigenvalue weighted by Crippen LogP contribution is -2.31. The molecular weight excluding hydrogens is 382 g/mol. The molecule has 28 heavy (non-hydrogen) atoms. The first-order valence-corrected chi connectivity index (χ1v) is 9.33. The molecule has 0 aliphatic carbocycles. The largest absolute Gasteiger partial charge is 0.350 e. The molecule has 1 aromatic heterocycles. The van der Waals surface area contributed by atoms with Gasteiger partial charge < -0.3 is 5.32 Å². The Hall–Kier alpha value is -3.32. The highest BCUT2D eigenvalue weighted by molar-refractivity contribution is 7.11. The predicted octanol–water partition coefficient (Wildman–Crippen LogP) is 4.42. The summed E-state index contributed by atoms with van der Waals surface area (Å²) in [6.45, 7) is 0.121. The highest BCUT2D eigenvalue weighted by atomic mass is 32.1. The number of hydrogen-bond acceptors (Lipinski definition) is 4. The second kappa shape index (κ2) is 7.36. The van der Waals surface area contributed by atoms with Crippen LogP contribution in [0.15, 0.2) is 71.7 Å². The molecule has 0 unspecified atom stereocenters. The van der Waals surface area contributed by atoms with Crippen LogP contribution in [0.25, 0.3) is 5.57 Å². The summed E-state index contributed by atoms with van der Waals surface area (Å²) in [5.41, 5.74) is 1.27. The maximum atomic E-state index is 13.6. The first kappa shape index (κ1) is 18.1. The summed E-state index contributed by atoms with van der Waals surface area (Å²) in [5.74, 6) is -2.97. The average molecular weight is 396 g/mol. The average Bonchev–Trinajstić information content (AvgIpc) is 3.29. The van der Waals surface area contributed by atoms with E-state index in [2.05, 4.69) is 5.32 Å². The Morgan fingerprint density at radius 2 is 1.68 bits per heavy atom. The fourth-order valence-electron chi connectivity index (χ4n) is 2.97. The summed E-state index contributed by atoms with van der Waals surface area (Å²) < 4.78 is 26.8. The quantitative estimate of drug-likeness (QED) is 0.650. The van der Waals surface area contributed by atoms with E-state index in [1.807, 2.05) is 30.3 Å². The van der Waals surface area contributed by atoms with E-state index < -0.39 is 23.4 Å². The molecule has 1 aliphatic heterocycles. The lowest BCUT2D eigenvalue weighted by Gasteiger charge is -2.15. The first-order chi connectivity index (χ1) is 13.5. The highest BCUT2D eigenvalue weighted by Gasteiger charge is 2.39. The van der Waals surface area contributed by atoms with E-state index in [0.717, 1.165) is 22.6 Å². The van der Waals surface area contributed by atoms with E-state index in [1.54, 1.807) is 17.5 Å². The summed E-state index contributed by atoms with van der Waals surface area (Å²) >= 11 is 1.32. The topological polar surface area (TPSA) is 49.4 Å². The number of benzene rings is 2. The second-order valence-electron chi connectivity index (χ2n) is 6.16. The van der Waals surface area contributed by atoms with E-state index >= 15 is 0 Å². The van der Waals surface area contributed by atoms with Crippen molar-refractivity contribution in [3.8, 4) is 0 Å². The van der Waals surface area contributed by atoms with E-state index in [1.165, 1.54) is 17.4 Å². The van der Waals surface area contributed by atoms with Crippen LogP contribution < -0.4 is 5.32 Å². The second-order valence-corrected chi connectivity index (χ2v) is 7.11. The Morgan fingerprint density at radius 3 is 2.36 bits per heavy atom. The Balaban J connectivity index is 1.72. The van der Waals surface area contributed by atoms with Crippen LogP contribution in [0.1, 0.15) is 10.4 Å². The van der Waals surface area contributed by atoms with E-state index in [4.69, 9.17) is 0 Å². The third kappa shape index (κ3) is 3.32. The van der Waals surface area contributed by atoms with Crippen molar-refractivity contribution in [3.05, 3.63) is 93.8 Å². The van der Waals surface area contributed by atoms with Gasteiger partial charge in [0.05, 0.1) is 12.1 Å². The molecule has 2 heterocycles. The first-order valence-electron chi connectivity index (χ1n) is 8.45. The number of amides is 2. The number of nitrogens with zero attached hydrogens (tertiary/aromatic N) is 1. The molecule has 0 spiro atoms. The molecule has 0 saturated carbocycles. The number of anilines is 1. The number of carbonyl (C=O) groups is 2. The fraction of sp³-hybridized carbons (Fsp3) is 0.0476. The van der Waals surface area contributed by atoms with Crippen molar-refractivity contribution in [3.63, 3.8) is 0 Å². The van der Waals surface area contributed by atoms with Crippen molar-refractivity contribution >= 4 is 34.4 Å². The molecule has 0 atom stereocenters. The van der Waals surface area contributed by atoms with Crippen LogP contribution >= 0.6 is 11.3 Å². The van der Waals surface area contributed by atoms with Gasteiger partial charge in [-0.2, -0.15) is 0 Å². The van der Waals surface area contributed by atoms with Crippen molar-refractivity contribution in [2.75, 3.05) is 5.32 Å². The molecule has 4 nitrogen and oxygen atoms in total. The SMILES string of the molecule is O=C1C(Nc2ccc(F)c(F)c2)=C(c2cccs2)C(=O)N1Cc1ccccc1. The molecule has 3 aromatic rings. The van der Waals surface area contributed by atoms with Crippen molar-refractivity contribution in [2.45, 2.75) is 6.54 Å². The molecule has 1 N–H and O–H groups in total. The van der Waals surface area contributed by atoms with Gasteiger partial charge in [-0.05, 0) is 29.1 Å². The zero-order chi connectivity index (χ0) is 19.7. The van der Waals surface area contributed by atoms with Crippen molar-refractivity contribution in [1.82, 2.24) is 4.90 Å². The number of thiophene rings is 1. The van der Waals surface area contributed by atoms with Crippen LogP contribution in [-0.2, 0) is 16.1 Å². The van der Waals surface area contributed by atoms with Crippen LogP contribution in [-0.4, -0.2) is 16.7 Å². The third-order valence-corrected chi connectivity index (χ3v) is 5.20. The third-order valence-electron chi connectivity index (χ3n) is 4.31. The van der Waals surface area contributed by atoms with Crippen molar-refractivity contribution in [1.29, 1.82) is 0 Å². The van der Waals surface area contributed by atoms with Crippen LogP contribution in [0, 0.1) is 11.6 Å². The molecular formula is C21H14F2N2O2S. The molecule has 7 heteroatoms. The smallest absolute Gasteiger partial charge is 0.278 e. The zero-order valence-corrected chi connectivity index (χ0v) is 15.3. The molecule has 0 saturated heterocycles. The van der Waals surface area contributed by atoms with Gasteiger partial charge in [-0.15, -0.1) is 11.3 Å². The minimum absolute atomic E-state index is 0.0504. The Bertz CT molecular complexity index is 1080. The number of imide groups is 1. The zero-order valence-electron chi connectivity index (χ0n) is 14.5. The molecule has 0 fully saturated rings. The summed E-state index contributed by atoms with van der Waals surface area (Å²) in [5, 5.41) is 4.61. The summed E-state index contributed by atoms with van der Waals surface area (Å²) in [4.78, 5) is 27.8. The molecule has 2 aromatic carbocycles. The van der Waals surface area contributed by atoms with Crippen molar-refractivity contribution < 1.29 is 18.4 Å². The minimum atomic E-state index is -1.04. The molecule has 0 radical (unpaired) electrons. The lowest BCUT2D eigenvalue weighted by atomic mass is 10.2. The Labute approximate surface area is 163 Å². The van der Waals surface area contributed by atoms with Gasteiger partial charge in [0.2, 0.25) is 0 Å². The van der Waals surface area contributed by atoms with Gasteiger partial charge in [0.15, 0.2) is 11.6 Å². The molecule has 140 valence electrons. The van der Waals surface area contributed by atoms with Gasteiger partial charge in [-0.3, -0.25) is 14.5 Å². The van der Waals surface area contributed by atoms with Crippen LogP contribution in [0.3, 0.4) is 0 Å². The number of carbonyl (C=O) groups excluding carboxylic acids is 2. The standard InChI is InChI=1S/C21H14F2N2O2S/c22-15-9-8-14(11-16(15)23)24-19-18(17-7-4-10-28-17)20(26)25(21(19)27)12-13-5-2-1-3-6-13/h1-11,24H,12H2. The predicted molar refractivity (Wildman–Crippen MR) is 103 cm³/mol. The van der Waals surface area contributed by atoms with Gasteiger partial charge in [-0.1, -0.05) is 36.4 Å². The van der Waals surface area contributed by atoms with Crippen LogP contribution in [0.5, 0.6) is 0 Å². The van der Waals surface area contributed by atoms with Gasteiger partial charge >= 0.3 is 0 Å². The maximum absolute atomic E-state index is 13.6. The van der Waals surface area contributed by atoms with E-state index in [-0.39, 0.29) is 23.5 Å².